The third-order valence-corrected chi connectivity index (χ3v) is 6.46. The van der Waals surface area contributed by atoms with Crippen LogP contribution >= 0.6 is 0 Å². The standard InChI is InChI=1S/C27H31N5O3S/c1-36(33,34)17-16-28-14-5-15-29-23-10-13-25-26(18-23)30-20-31-27(25)32-22-8-11-24(12-9-22)35-19-21-6-3-2-4-7-21/h2-4,6-13,18,20,28-29H,5,14-17,19H2,1H3,(H,30,31,32). The highest BCUT2D eigenvalue weighted by molar-refractivity contribution is 7.90. The smallest absolute Gasteiger partial charge is 0.148 e. The van der Waals surface area contributed by atoms with Crippen molar-refractivity contribution in [2.24, 2.45) is 0 Å². The number of fused-ring (bicyclic) bond motifs is 1. The lowest BCUT2D eigenvalue weighted by molar-refractivity contribution is 0.306. The van der Waals surface area contributed by atoms with Crippen LogP contribution in [0.2, 0.25) is 0 Å². The minimum atomic E-state index is -2.92. The zero-order valence-corrected chi connectivity index (χ0v) is 21.1. The van der Waals surface area contributed by atoms with E-state index in [0.717, 1.165) is 58.9 Å². The van der Waals surface area contributed by atoms with Gasteiger partial charge in [-0.05, 0) is 61.0 Å². The molecule has 0 atom stereocenters. The van der Waals surface area contributed by atoms with Crippen molar-refractivity contribution in [1.29, 1.82) is 0 Å². The fourth-order valence-electron chi connectivity index (χ4n) is 3.61. The maximum absolute atomic E-state index is 11.1. The van der Waals surface area contributed by atoms with Crippen LogP contribution in [0.5, 0.6) is 5.75 Å². The third-order valence-electron chi connectivity index (χ3n) is 5.51. The van der Waals surface area contributed by atoms with Gasteiger partial charge in [-0.25, -0.2) is 18.4 Å². The lowest BCUT2D eigenvalue weighted by atomic mass is 10.2. The summed E-state index contributed by atoms with van der Waals surface area (Å²) < 4.78 is 28.2. The number of nitrogens with zero attached hydrogens (tertiary/aromatic N) is 2. The van der Waals surface area contributed by atoms with Gasteiger partial charge in [0, 0.05) is 36.1 Å². The third kappa shape index (κ3) is 7.93. The molecule has 0 aliphatic carbocycles. The van der Waals surface area contributed by atoms with Crippen molar-refractivity contribution in [1.82, 2.24) is 15.3 Å². The summed E-state index contributed by atoms with van der Waals surface area (Å²) in [4.78, 5) is 8.85. The predicted molar refractivity (Wildman–Crippen MR) is 146 cm³/mol. The van der Waals surface area contributed by atoms with Gasteiger partial charge in [0.2, 0.25) is 0 Å². The fourth-order valence-corrected chi connectivity index (χ4v) is 4.12. The van der Waals surface area contributed by atoms with E-state index < -0.39 is 9.84 Å². The van der Waals surface area contributed by atoms with Crippen molar-refractivity contribution in [2.45, 2.75) is 13.0 Å². The zero-order chi connectivity index (χ0) is 25.2. The summed E-state index contributed by atoms with van der Waals surface area (Å²) in [6.45, 7) is 2.53. The molecule has 0 bridgehead atoms. The van der Waals surface area contributed by atoms with Crippen molar-refractivity contribution in [3.63, 3.8) is 0 Å². The Hall–Kier alpha value is -3.69. The van der Waals surface area contributed by atoms with Crippen LogP contribution in [-0.4, -0.2) is 50.0 Å². The summed E-state index contributed by atoms with van der Waals surface area (Å²) in [5.41, 5.74) is 3.85. The first kappa shape index (κ1) is 25.4. The van der Waals surface area contributed by atoms with Crippen LogP contribution in [-0.2, 0) is 16.4 Å². The summed E-state index contributed by atoms with van der Waals surface area (Å²) in [6.07, 6.45) is 3.68. The molecule has 0 spiro atoms. The van der Waals surface area contributed by atoms with Crippen molar-refractivity contribution in [3.05, 3.63) is 84.7 Å². The highest BCUT2D eigenvalue weighted by Crippen LogP contribution is 2.26. The molecule has 36 heavy (non-hydrogen) atoms. The molecule has 1 aromatic heterocycles. The van der Waals surface area contributed by atoms with Crippen LogP contribution in [0.3, 0.4) is 0 Å². The first-order chi connectivity index (χ1) is 17.5. The van der Waals surface area contributed by atoms with E-state index in [1.54, 1.807) is 6.33 Å². The maximum Gasteiger partial charge on any atom is 0.148 e. The Morgan fingerprint density at radius 1 is 0.861 bits per heavy atom. The van der Waals surface area contributed by atoms with E-state index in [-0.39, 0.29) is 5.75 Å². The van der Waals surface area contributed by atoms with Crippen LogP contribution in [0, 0.1) is 0 Å². The molecule has 0 saturated heterocycles. The van der Waals surface area contributed by atoms with Gasteiger partial charge in [0.25, 0.3) is 0 Å². The van der Waals surface area contributed by atoms with Crippen molar-refractivity contribution >= 4 is 37.9 Å². The van der Waals surface area contributed by atoms with E-state index in [1.807, 2.05) is 72.8 Å². The quantitative estimate of drug-likeness (QED) is 0.230. The van der Waals surface area contributed by atoms with E-state index in [2.05, 4.69) is 25.9 Å². The van der Waals surface area contributed by atoms with Crippen molar-refractivity contribution < 1.29 is 13.2 Å². The molecule has 4 aromatic rings. The molecule has 3 N–H and O–H groups in total. The van der Waals surface area contributed by atoms with Crippen molar-refractivity contribution in [3.8, 4) is 5.75 Å². The molecule has 0 aliphatic rings. The normalized spacial score (nSPS) is 11.4. The molecule has 188 valence electrons. The topological polar surface area (TPSA) is 105 Å². The molecule has 3 aromatic carbocycles. The second-order valence-corrected chi connectivity index (χ2v) is 10.8. The monoisotopic (exact) mass is 505 g/mol. The molecule has 0 unspecified atom stereocenters. The summed E-state index contributed by atoms with van der Waals surface area (Å²) in [7, 11) is -2.92. The predicted octanol–water partition coefficient (Wildman–Crippen LogP) is 4.39. The number of nitrogens with one attached hydrogen (secondary N) is 3. The Labute approximate surface area is 212 Å². The molecular formula is C27H31N5O3S. The van der Waals surface area contributed by atoms with Gasteiger partial charge in [-0.15, -0.1) is 0 Å². The number of sulfone groups is 1. The number of rotatable bonds is 13. The maximum atomic E-state index is 11.1. The Kier molecular flexibility index (Phi) is 8.70. The van der Waals surface area contributed by atoms with Crippen LogP contribution < -0.4 is 20.7 Å². The van der Waals surface area contributed by atoms with Gasteiger partial charge in [0.05, 0.1) is 11.3 Å². The van der Waals surface area contributed by atoms with Gasteiger partial charge >= 0.3 is 0 Å². The Bertz CT molecular complexity index is 1360. The van der Waals surface area contributed by atoms with E-state index in [4.69, 9.17) is 4.74 Å². The van der Waals surface area contributed by atoms with Crippen molar-refractivity contribution in [2.75, 3.05) is 42.3 Å². The van der Waals surface area contributed by atoms with Crippen LogP contribution in [0.15, 0.2) is 79.1 Å². The average molecular weight is 506 g/mol. The van der Waals surface area contributed by atoms with Gasteiger partial charge in [-0.1, -0.05) is 30.3 Å². The molecule has 0 aliphatic heterocycles. The van der Waals surface area contributed by atoms with Gasteiger partial charge in [-0.2, -0.15) is 0 Å². The van der Waals surface area contributed by atoms with Gasteiger partial charge in [-0.3, -0.25) is 0 Å². The second kappa shape index (κ2) is 12.3. The van der Waals surface area contributed by atoms with E-state index >= 15 is 0 Å². The van der Waals surface area contributed by atoms with Gasteiger partial charge < -0.3 is 20.7 Å². The molecule has 0 saturated carbocycles. The molecule has 9 heteroatoms. The molecular weight excluding hydrogens is 474 g/mol. The average Bonchev–Trinajstić information content (AvgIpc) is 2.88. The first-order valence-electron chi connectivity index (χ1n) is 11.9. The van der Waals surface area contributed by atoms with E-state index in [1.165, 1.54) is 6.26 Å². The Balaban J connectivity index is 1.29. The molecule has 0 radical (unpaired) electrons. The second-order valence-electron chi connectivity index (χ2n) is 8.54. The number of aromatic nitrogens is 2. The van der Waals surface area contributed by atoms with Gasteiger partial charge in [0.15, 0.2) is 0 Å². The lowest BCUT2D eigenvalue weighted by Gasteiger charge is -2.12. The van der Waals surface area contributed by atoms with E-state index in [0.29, 0.717) is 13.2 Å². The SMILES string of the molecule is CS(=O)(=O)CCNCCCNc1ccc2c(Nc3ccc(OCc4ccccc4)cc3)ncnc2c1. The number of ether oxygens (including phenoxy) is 1. The lowest BCUT2D eigenvalue weighted by Crippen LogP contribution is -2.24. The minimum absolute atomic E-state index is 0.160. The largest absolute Gasteiger partial charge is 0.489 e. The highest BCUT2D eigenvalue weighted by Gasteiger charge is 2.06. The molecule has 0 fully saturated rings. The molecule has 0 amide bonds. The number of anilines is 3. The number of hydrogen-bond donors (Lipinski definition) is 3. The first-order valence-corrected chi connectivity index (χ1v) is 13.9. The summed E-state index contributed by atoms with van der Waals surface area (Å²) in [5.74, 6) is 1.70. The molecule has 1 heterocycles. The van der Waals surface area contributed by atoms with Gasteiger partial charge in [0.1, 0.15) is 34.3 Å². The summed E-state index contributed by atoms with van der Waals surface area (Å²) in [6, 6.07) is 23.9. The molecule has 4 rings (SSSR count). The van der Waals surface area contributed by atoms with Crippen LogP contribution in [0.25, 0.3) is 10.9 Å². The van der Waals surface area contributed by atoms with E-state index in [9.17, 15) is 8.42 Å². The number of benzene rings is 3. The number of hydrogen-bond acceptors (Lipinski definition) is 8. The zero-order valence-electron chi connectivity index (χ0n) is 20.3. The van der Waals surface area contributed by atoms with Crippen LogP contribution in [0.1, 0.15) is 12.0 Å². The summed E-state index contributed by atoms with van der Waals surface area (Å²) >= 11 is 0. The Morgan fingerprint density at radius 2 is 1.64 bits per heavy atom. The highest BCUT2D eigenvalue weighted by atomic mass is 32.2. The minimum Gasteiger partial charge on any atom is -0.489 e. The fraction of sp³-hybridized carbons (Fsp3) is 0.259. The van der Waals surface area contributed by atoms with Crippen LogP contribution in [0.4, 0.5) is 17.2 Å². The summed E-state index contributed by atoms with van der Waals surface area (Å²) in [5, 5.41) is 10.8. The Morgan fingerprint density at radius 3 is 2.42 bits per heavy atom. The molecule has 8 nitrogen and oxygen atoms in total.